The van der Waals surface area contributed by atoms with Gasteiger partial charge in [-0.1, -0.05) is 83.9 Å². The normalized spacial score (nSPS) is 22.7. The zero-order valence-corrected chi connectivity index (χ0v) is 34.6. The van der Waals surface area contributed by atoms with Gasteiger partial charge < -0.3 is 26.2 Å². The third-order valence-electron chi connectivity index (χ3n) is 12.5. The number of rotatable bonds is 16. The van der Waals surface area contributed by atoms with Gasteiger partial charge in [0.25, 0.3) is 15.9 Å². The molecule has 2 heterocycles. The molecule has 6 rings (SSSR count). The van der Waals surface area contributed by atoms with Crippen LogP contribution in [0.4, 0.5) is 4.79 Å². The van der Waals surface area contributed by atoms with Crippen molar-refractivity contribution in [1.29, 1.82) is 0 Å². The van der Waals surface area contributed by atoms with E-state index in [4.69, 9.17) is 0 Å². The smallest absolute Gasteiger partial charge is 0.315 e. The molecule has 4 N–H and O–H groups in total. The van der Waals surface area contributed by atoms with Crippen molar-refractivity contribution in [1.82, 2.24) is 35.5 Å². The molecule has 57 heavy (non-hydrogen) atoms. The Morgan fingerprint density at radius 1 is 1.00 bits per heavy atom. The van der Waals surface area contributed by atoms with Gasteiger partial charge in [-0.25, -0.2) is 18.2 Å². The molecule has 3 aliphatic carbocycles. The van der Waals surface area contributed by atoms with Crippen LogP contribution < -0.4 is 21.3 Å². The Kier molecular flexibility index (Phi) is 12.0. The first-order valence-corrected chi connectivity index (χ1v) is 21.3. The van der Waals surface area contributed by atoms with Crippen molar-refractivity contribution in [3.05, 3.63) is 72.4 Å². The average molecular weight is 804 g/mol. The first kappa shape index (κ1) is 42.0. The minimum absolute atomic E-state index is 0.0304. The largest absolute Gasteiger partial charge is 0.346 e. The highest BCUT2D eigenvalue weighted by molar-refractivity contribution is 7.89. The van der Waals surface area contributed by atoms with Gasteiger partial charge in [-0.15, -0.1) is 6.58 Å². The number of sulfonamides is 1. The number of nitrogens with zero attached hydrogens (tertiary/aromatic N) is 3. The van der Waals surface area contributed by atoms with Crippen LogP contribution in [0.5, 0.6) is 0 Å². The number of pyridine rings is 1. The highest BCUT2D eigenvalue weighted by Gasteiger charge is 2.70. The number of hydrogen-bond donors (Lipinski definition) is 4. The third-order valence-corrected chi connectivity index (χ3v) is 14.2. The van der Waals surface area contributed by atoms with Crippen molar-refractivity contribution >= 4 is 39.6 Å². The highest BCUT2D eigenvalue weighted by Crippen LogP contribution is 2.65. The molecule has 1 unspecified atom stereocenters. The van der Waals surface area contributed by atoms with Gasteiger partial charge in [0.1, 0.15) is 12.1 Å². The summed E-state index contributed by atoms with van der Waals surface area (Å²) in [5.74, 6) is -2.66. The summed E-state index contributed by atoms with van der Waals surface area (Å²) in [6, 6.07) is 8.24. The van der Waals surface area contributed by atoms with Crippen molar-refractivity contribution in [3.63, 3.8) is 0 Å². The zero-order valence-electron chi connectivity index (χ0n) is 33.8. The number of benzene rings is 1. The second-order valence-electron chi connectivity index (χ2n) is 17.9. The number of Topliss-reactive ketones (excluding diaryl/α,β-unsaturated/α-hetero) is 1. The molecule has 6 atom stereocenters. The van der Waals surface area contributed by atoms with Gasteiger partial charge in [-0.05, 0) is 77.0 Å². The molecule has 1 aromatic carbocycles. The summed E-state index contributed by atoms with van der Waals surface area (Å²) >= 11 is 0. The molecule has 0 spiro atoms. The lowest BCUT2D eigenvalue weighted by atomic mass is 9.86. The molecule has 0 bridgehead atoms. The molecule has 4 aliphatic rings. The summed E-state index contributed by atoms with van der Waals surface area (Å²) in [4.78, 5) is 75.1. The SMILES string of the molecule is C=CCNC(=O)C(=O)C(CC1CC1)NC(=O)[C@@H]1[C@@H]2[C@H](CN1C(=O)[C@@H](NC(=O)N[C@H](CN(C)S(=O)(=O)c1ccccn1)C(C)(C)C)C1Cc3ccccc3C1)C2(C)C. The van der Waals surface area contributed by atoms with E-state index in [0.717, 1.165) is 28.3 Å². The topological polar surface area (TPSA) is 187 Å². The molecule has 5 amide bonds. The first-order chi connectivity index (χ1) is 26.8. The van der Waals surface area contributed by atoms with Gasteiger partial charge in [0.2, 0.25) is 17.6 Å². The van der Waals surface area contributed by atoms with Crippen LogP contribution in [0.25, 0.3) is 0 Å². The molecule has 3 fully saturated rings. The molecule has 1 saturated heterocycles. The van der Waals surface area contributed by atoms with Crippen LogP contribution in [-0.4, -0.2) is 103 Å². The van der Waals surface area contributed by atoms with E-state index in [2.05, 4.69) is 46.7 Å². The minimum atomic E-state index is -3.97. The third kappa shape index (κ3) is 9.09. The fourth-order valence-electron chi connectivity index (χ4n) is 8.68. The maximum absolute atomic E-state index is 15.0. The van der Waals surface area contributed by atoms with Crippen molar-refractivity contribution in [2.75, 3.05) is 26.7 Å². The maximum Gasteiger partial charge on any atom is 0.315 e. The summed E-state index contributed by atoms with van der Waals surface area (Å²) in [6.45, 7) is 13.7. The number of fused-ring (bicyclic) bond motifs is 2. The Morgan fingerprint density at radius 2 is 1.65 bits per heavy atom. The van der Waals surface area contributed by atoms with Crippen LogP contribution in [0.1, 0.15) is 65.0 Å². The van der Waals surface area contributed by atoms with Gasteiger partial charge in [0.15, 0.2) is 5.03 Å². The molecule has 2 saturated carbocycles. The highest BCUT2D eigenvalue weighted by atomic mass is 32.2. The van der Waals surface area contributed by atoms with E-state index < -0.39 is 69.1 Å². The number of urea groups is 1. The lowest BCUT2D eigenvalue weighted by Crippen LogP contribution is -2.61. The average Bonchev–Trinajstić information content (AvgIpc) is 3.93. The number of likely N-dealkylation sites (tertiary alicyclic amines) is 1. The predicted octanol–water partition coefficient (Wildman–Crippen LogP) is 2.84. The fourth-order valence-corrected chi connectivity index (χ4v) is 9.79. The Morgan fingerprint density at radius 3 is 2.23 bits per heavy atom. The molecular formula is C42H57N7O7S. The quantitative estimate of drug-likeness (QED) is 0.147. The van der Waals surface area contributed by atoms with E-state index in [1.54, 1.807) is 17.0 Å². The van der Waals surface area contributed by atoms with Crippen molar-refractivity contribution < 1.29 is 32.4 Å². The van der Waals surface area contributed by atoms with Crippen LogP contribution in [0, 0.1) is 34.5 Å². The second-order valence-corrected chi connectivity index (χ2v) is 19.9. The van der Waals surface area contributed by atoms with Crippen LogP contribution in [-0.2, 0) is 42.0 Å². The minimum Gasteiger partial charge on any atom is -0.346 e. The lowest BCUT2D eigenvalue weighted by Gasteiger charge is -2.37. The first-order valence-electron chi connectivity index (χ1n) is 19.9. The van der Waals surface area contributed by atoms with Gasteiger partial charge in [0, 0.05) is 38.9 Å². The molecule has 1 aliphatic heterocycles. The number of aromatic nitrogens is 1. The van der Waals surface area contributed by atoms with Gasteiger partial charge in [-0.3, -0.25) is 19.2 Å². The van der Waals surface area contributed by atoms with Crippen LogP contribution >= 0.6 is 0 Å². The van der Waals surface area contributed by atoms with Gasteiger partial charge in [0.05, 0.1) is 6.04 Å². The molecule has 308 valence electrons. The van der Waals surface area contributed by atoms with E-state index in [-0.39, 0.29) is 47.2 Å². The Bertz CT molecular complexity index is 1970. The molecule has 14 nitrogen and oxygen atoms in total. The zero-order chi connectivity index (χ0) is 41.4. The number of likely N-dealkylation sites (N-methyl/N-ethyl adjacent to an activating group) is 1. The summed E-state index contributed by atoms with van der Waals surface area (Å²) < 4.78 is 27.9. The number of carbonyl (C=O) groups is 5. The summed E-state index contributed by atoms with van der Waals surface area (Å²) in [6.07, 6.45) is 6.09. The molecule has 1 aromatic heterocycles. The molecule has 2 aromatic rings. The number of nitrogens with one attached hydrogen (secondary N) is 4. The van der Waals surface area contributed by atoms with E-state index in [1.807, 2.05) is 45.0 Å². The van der Waals surface area contributed by atoms with Gasteiger partial charge in [-0.2, -0.15) is 4.31 Å². The lowest BCUT2D eigenvalue weighted by molar-refractivity contribution is -0.144. The van der Waals surface area contributed by atoms with Crippen LogP contribution in [0.15, 0.2) is 66.3 Å². The van der Waals surface area contributed by atoms with E-state index in [0.29, 0.717) is 25.8 Å². The van der Waals surface area contributed by atoms with Crippen LogP contribution in [0.3, 0.4) is 0 Å². The van der Waals surface area contributed by atoms with Gasteiger partial charge >= 0.3 is 6.03 Å². The Balaban J connectivity index is 1.24. The second kappa shape index (κ2) is 16.3. The maximum atomic E-state index is 15.0. The number of hydrogen-bond acceptors (Lipinski definition) is 8. The summed E-state index contributed by atoms with van der Waals surface area (Å²) in [7, 11) is -2.53. The standard InChI is InChI=1S/C42H57N7O7S/c1-8-18-44-38(52)36(50)30(20-25-16-17-25)45-37(51)35-33-29(42(33,5)6)23-49(35)39(53)34(28-21-26-13-9-10-14-27(26)22-28)47-40(54)46-31(41(2,3)4)24-48(7)57(55,56)32-15-11-12-19-43-32/h8-15,19,25,28-31,33-35H,1,16-18,20-24H2,2-7H3,(H,44,52)(H,45,51)(H2,46,47,54)/t29-,30?,31+,33-,34-,35-/m0/s1. The fraction of sp³-hybridized carbons (Fsp3) is 0.571. The predicted molar refractivity (Wildman–Crippen MR) is 214 cm³/mol. The van der Waals surface area contributed by atoms with E-state index >= 15 is 0 Å². The monoisotopic (exact) mass is 803 g/mol. The molecule has 15 heteroatoms. The van der Waals surface area contributed by atoms with Crippen LogP contribution in [0.2, 0.25) is 0 Å². The number of amides is 5. The van der Waals surface area contributed by atoms with E-state index in [1.165, 1.54) is 25.4 Å². The van der Waals surface area contributed by atoms with E-state index in [9.17, 15) is 32.4 Å². The Hall–Kier alpha value is -4.63. The summed E-state index contributed by atoms with van der Waals surface area (Å²) in [5, 5.41) is 11.3. The Labute approximate surface area is 336 Å². The summed E-state index contributed by atoms with van der Waals surface area (Å²) in [5.41, 5.74) is 1.32. The number of ketones is 1. The van der Waals surface area contributed by atoms with Crippen molar-refractivity contribution in [3.8, 4) is 0 Å². The van der Waals surface area contributed by atoms with Crippen molar-refractivity contribution in [2.24, 2.45) is 34.5 Å². The molecular weight excluding hydrogens is 747 g/mol. The number of carbonyl (C=O) groups excluding carboxylic acids is 5. The number of piperidine rings is 1. The van der Waals surface area contributed by atoms with Crippen molar-refractivity contribution in [2.45, 2.75) is 95.9 Å². The molecule has 0 radical (unpaired) electrons.